The second-order valence-electron chi connectivity index (χ2n) is 3.36. The van der Waals surface area contributed by atoms with Crippen molar-refractivity contribution < 1.29 is 9.59 Å². The summed E-state index contributed by atoms with van der Waals surface area (Å²) in [6.45, 7) is 1.26. The molecule has 0 fully saturated rings. The number of ketones is 1. The van der Waals surface area contributed by atoms with E-state index in [-0.39, 0.29) is 10.8 Å². The summed E-state index contributed by atoms with van der Waals surface area (Å²) in [6.07, 6.45) is 0. The minimum atomic E-state index is -1.07. The van der Waals surface area contributed by atoms with Crippen molar-refractivity contribution in [2.45, 2.75) is 6.92 Å². The smallest absolute Gasteiger partial charge is 0.256 e. The molecule has 0 unspecified atom stereocenters. The number of thiocarbonyl (C=S) groups is 1. The molecule has 0 aliphatic rings. The van der Waals surface area contributed by atoms with Gasteiger partial charge in [-0.15, -0.1) is 0 Å². The monoisotopic (exact) mass is 246 g/mol. The predicted octanol–water partition coefficient (Wildman–Crippen LogP) is 1.47. The number of amides is 1. The number of benzene rings is 1. The van der Waals surface area contributed by atoms with Crippen molar-refractivity contribution in [3.8, 4) is 6.07 Å². The van der Waals surface area contributed by atoms with E-state index in [1.165, 1.54) is 6.92 Å². The highest BCUT2D eigenvalue weighted by molar-refractivity contribution is 7.80. The molecule has 0 saturated heterocycles. The summed E-state index contributed by atoms with van der Waals surface area (Å²) in [5, 5.41) is 11.1. The van der Waals surface area contributed by atoms with E-state index >= 15 is 0 Å². The first-order chi connectivity index (χ1) is 8.06. The number of hydrogen-bond acceptors (Lipinski definition) is 4. The molecule has 1 atom stereocenters. The van der Waals surface area contributed by atoms with E-state index in [0.29, 0.717) is 5.56 Å². The molecular weight excluding hydrogens is 236 g/mol. The maximum Gasteiger partial charge on any atom is 0.256 e. The van der Waals surface area contributed by atoms with E-state index in [9.17, 15) is 9.59 Å². The molecule has 0 radical (unpaired) electrons. The zero-order valence-corrected chi connectivity index (χ0v) is 9.95. The van der Waals surface area contributed by atoms with Crippen LogP contribution < -0.4 is 5.32 Å². The lowest BCUT2D eigenvalue weighted by Crippen LogP contribution is -2.36. The summed E-state index contributed by atoms with van der Waals surface area (Å²) in [7, 11) is 0. The third-order valence-corrected chi connectivity index (χ3v) is 2.41. The van der Waals surface area contributed by atoms with Crippen LogP contribution in [0.3, 0.4) is 0 Å². The minimum absolute atomic E-state index is 0.0612. The van der Waals surface area contributed by atoms with Crippen LogP contribution in [0.5, 0.6) is 0 Å². The Morgan fingerprint density at radius 3 is 2.41 bits per heavy atom. The standard InChI is InChI=1S/C12H10N2O2S/c1-8(15)10(7-13)12(17)14-11(16)9-5-3-2-4-6-9/h2-6,10H,1H3,(H,14,16,17)/t10-/m0/s1. The number of nitriles is 1. The van der Waals surface area contributed by atoms with Crippen LogP contribution in [-0.4, -0.2) is 16.7 Å². The highest BCUT2D eigenvalue weighted by atomic mass is 32.1. The largest absolute Gasteiger partial charge is 0.315 e. The highest BCUT2D eigenvalue weighted by Crippen LogP contribution is 2.02. The van der Waals surface area contributed by atoms with Crippen molar-refractivity contribution in [1.29, 1.82) is 5.26 Å². The van der Waals surface area contributed by atoms with Gasteiger partial charge in [0.1, 0.15) is 4.99 Å². The van der Waals surface area contributed by atoms with Gasteiger partial charge >= 0.3 is 0 Å². The Bertz CT molecular complexity index is 491. The van der Waals surface area contributed by atoms with Crippen LogP contribution in [0.4, 0.5) is 0 Å². The predicted molar refractivity (Wildman–Crippen MR) is 66.3 cm³/mol. The zero-order valence-electron chi connectivity index (χ0n) is 9.14. The highest BCUT2D eigenvalue weighted by Gasteiger charge is 2.20. The molecule has 0 aliphatic heterocycles. The van der Waals surface area contributed by atoms with Gasteiger partial charge in [0.15, 0.2) is 11.7 Å². The molecule has 4 nitrogen and oxygen atoms in total. The van der Waals surface area contributed by atoms with Crippen molar-refractivity contribution >= 4 is 28.9 Å². The van der Waals surface area contributed by atoms with Crippen molar-refractivity contribution in [2.75, 3.05) is 0 Å². The summed E-state index contributed by atoms with van der Waals surface area (Å²) in [5.41, 5.74) is 0.426. The lowest BCUT2D eigenvalue weighted by molar-refractivity contribution is -0.117. The molecule has 0 heterocycles. The van der Waals surface area contributed by atoms with Crippen LogP contribution in [0, 0.1) is 17.2 Å². The minimum Gasteiger partial charge on any atom is -0.315 e. The topological polar surface area (TPSA) is 70.0 Å². The molecular formula is C12H10N2O2S. The van der Waals surface area contributed by atoms with Gasteiger partial charge in [-0.2, -0.15) is 5.26 Å². The van der Waals surface area contributed by atoms with Gasteiger partial charge in [0.2, 0.25) is 0 Å². The summed E-state index contributed by atoms with van der Waals surface area (Å²) in [5.74, 6) is -1.87. The average Bonchev–Trinajstić information content (AvgIpc) is 2.30. The molecule has 1 N–H and O–H groups in total. The Labute approximate surface area is 104 Å². The van der Waals surface area contributed by atoms with Crippen LogP contribution >= 0.6 is 12.2 Å². The van der Waals surface area contributed by atoms with Gasteiger partial charge in [0.05, 0.1) is 6.07 Å². The summed E-state index contributed by atoms with van der Waals surface area (Å²) in [6, 6.07) is 10.2. The van der Waals surface area contributed by atoms with Gasteiger partial charge < -0.3 is 5.32 Å². The van der Waals surface area contributed by atoms with Crippen LogP contribution in [-0.2, 0) is 4.79 Å². The van der Waals surface area contributed by atoms with Gasteiger partial charge in [0.25, 0.3) is 5.91 Å². The summed E-state index contributed by atoms with van der Waals surface area (Å²) in [4.78, 5) is 22.7. The van der Waals surface area contributed by atoms with Crippen LogP contribution in [0.1, 0.15) is 17.3 Å². The first-order valence-electron chi connectivity index (χ1n) is 4.86. The molecule has 86 valence electrons. The van der Waals surface area contributed by atoms with Crippen LogP contribution in [0.25, 0.3) is 0 Å². The number of hydrogen-bond donors (Lipinski definition) is 1. The van der Waals surface area contributed by atoms with Gasteiger partial charge in [0, 0.05) is 5.56 Å². The van der Waals surface area contributed by atoms with Crippen molar-refractivity contribution in [2.24, 2.45) is 5.92 Å². The maximum absolute atomic E-state index is 11.7. The molecule has 0 bridgehead atoms. The Balaban J connectivity index is 2.74. The summed E-state index contributed by atoms with van der Waals surface area (Å²) < 4.78 is 0. The normalized spacial score (nSPS) is 11.1. The van der Waals surface area contributed by atoms with E-state index in [2.05, 4.69) is 5.32 Å². The molecule has 17 heavy (non-hydrogen) atoms. The lowest BCUT2D eigenvalue weighted by atomic mass is 10.1. The Morgan fingerprint density at radius 1 is 1.35 bits per heavy atom. The van der Waals surface area contributed by atoms with Crippen LogP contribution in [0.15, 0.2) is 30.3 Å². The number of carbonyl (C=O) groups excluding carboxylic acids is 2. The number of rotatable bonds is 3. The Hall–Kier alpha value is -2.06. The molecule has 1 amide bonds. The molecule has 0 spiro atoms. The molecule has 1 aromatic rings. The molecule has 0 saturated carbocycles. The average molecular weight is 246 g/mol. The maximum atomic E-state index is 11.7. The SMILES string of the molecule is CC(=O)[C@H](C#N)C(=S)NC(=O)c1ccccc1. The second-order valence-corrected chi connectivity index (χ2v) is 3.80. The quantitative estimate of drug-likeness (QED) is 0.820. The van der Waals surface area contributed by atoms with Gasteiger partial charge in [-0.1, -0.05) is 30.4 Å². The first-order valence-corrected chi connectivity index (χ1v) is 5.27. The second kappa shape index (κ2) is 5.87. The molecule has 1 rings (SSSR count). The van der Waals surface area contributed by atoms with Gasteiger partial charge in [-0.25, -0.2) is 0 Å². The fourth-order valence-electron chi connectivity index (χ4n) is 1.18. The lowest BCUT2D eigenvalue weighted by Gasteiger charge is -2.09. The molecule has 0 aliphatic carbocycles. The number of nitrogens with zero attached hydrogens (tertiary/aromatic N) is 1. The Morgan fingerprint density at radius 2 is 1.94 bits per heavy atom. The fraction of sp³-hybridized carbons (Fsp3) is 0.167. The molecule has 1 aromatic carbocycles. The van der Waals surface area contributed by atoms with Crippen molar-refractivity contribution in [3.63, 3.8) is 0 Å². The first kappa shape index (κ1) is 13.0. The molecule has 5 heteroatoms. The third kappa shape index (κ3) is 3.47. The number of Topliss-reactive ketones (excluding diaryl/α,β-unsaturated/α-hetero) is 1. The zero-order chi connectivity index (χ0) is 12.8. The third-order valence-electron chi connectivity index (χ3n) is 2.07. The van der Waals surface area contributed by atoms with E-state index in [0.717, 1.165) is 0 Å². The van der Waals surface area contributed by atoms with E-state index < -0.39 is 11.8 Å². The van der Waals surface area contributed by atoms with Crippen molar-refractivity contribution in [3.05, 3.63) is 35.9 Å². The van der Waals surface area contributed by atoms with Gasteiger partial charge in [-0.05, 0) is 19.1 Å². The van der Waals surface area contributed by atoms with Crippen molar-refractivity contribution in [1.82, 2.24) is 5.32 Å². The fourth-order valence-corrected chi connectivity index (χ4v) is 1.49. The molecule has 0 aromatic heterocycles. The van der Waals surface area contributed by atoms with Gasteiger partial charge in [-0.3, -0.25) is 9.59 Å². The van der Waals surface area contributed by atoms with E-state index in [4.69, 9.17) is 17.5 Å². The summed E-state index contributed by atoms with van der Waals surface area (Å²) >= 11 is 4.85. The Kier molecular flexibility index (Phi) is 4.49. The van der Waals surface area contributed by atoms with Crippen LogP contribution in [0.2, 0.25) is 0 Å². The van der Waals surface area contributed by atoms with E-state index in [1.54, 1.807) is 36.4 Å². The number of carbonyl (C=O) groups is 2. The number of nitrogens with one attached hydrogen (secondary N) is 1. The van der Waals surface area contributed by atoms with E-state index in [1.807, 2.05) is 0 Å².